The van der Waals surface area contributed by atoms with Gasteiger partial charge in [-0.05, 0) is 74.3 Å². The van der Waals surface area contributed by atoms with E-state index < -0.39 is 10.0 Å². The lowest BCUT2D eigenvalue weighted by Gasteiger charge is -2.29. The van der Waals surface area contributed by atoms with Crippen LogP contribution in [0.15, 0.2) is 47.4 Å². The van der Waals surface area contributed by atoms with E-state index in [9.17, 15) is 8.42 Å². The molecule has 34 heavy (non-hydrogen) atoms. The highest BCUT2D eigenvalue weighted by Crippen LogP contribution is 2.30. The molecule has 2 aromatic carbocycles. The second kappa shape index (κ2) is 10.5. The summed E-state index contributed by atoms with van der Waals surface area (Å²) in [7, 11) is 0.407. The zero-order valence-corrected chi connectivity index (χ0v) is 21.5. The summed E-state index contributed by atoms with van der Waals surface area (Å²) in [4.78, 5) is 11.7. The van der Waals surface area contributed by atoms with E-state index in [0.29, 0.717) is 34.9 Å². The molecule has 4 rings (SSSR count). The molecule has 9 heteroatoms. The third-order valence-corrected chi connectivity index (χ3v) is 8.57. The van der Waals surface area contributed by atoms with Gasteiger partial charge in [0.1, 0.15) is 5.82 Å². The highest BCUT2D eigenvalue weighted by atomic mass is 35.5. The van der Waals surface area contributed by atoms with Crippen LogP contribution in [0.5, 0.6) is 0 Å². The SMILES string of the molecule is Cc1c(Cl)cccc1S(=O)(=O)NCC1CCC(CNc2nc(N(C)C)c3ccccc3n2)CC1. The van der Waals surface area contributed by atoms with Crippen LogP contribution in [-0.4, -0.2) is 45.6 Å². The highest BCUT2D eigenvalue weighted by molar-refractivity contribution is 7.89. The molecule has 1 aliphatic carbocycles. The standard InChI is InChI=1S/C25H32ClN5O2S/c1-17-21(26)8-6-10-23(17)34(32,33)28-16-19-13-11-18(12-14-19)15-27-25-29-22-9-5-4-7-20(22)24(30-25)31(2)3/h4-10,18-19,28H,11-16H2,1-3H3,(H,27,29,30). The van der Waals surface area contributed by atoms with Gasteiger partial charge in [0.25, 0.3) is 0 Å². The Morgan fingerprint density at radius 1 is 0.971 bits per heavy atom. The molecule has 0 amide bonds. The van der Waals surface area contributed by atoms with E-state index in [0.717, 1.165) is 48.9 Å². The second-order valence-electron chi connectivity index (χ2n) is 9.26. The molecule has 1 heterocycles. The number of benzene rings is 2. The quantitative estimate of drug-likeness (QED) is 0.458. The van der Waals surface area contributed by atoms with E-state index in [1.807, 2.05) is 43.3 Å². The van der Waals surface area contributed by atoms with Crippen LogP contribution in [0.3, 0.4) is 0 Å². The molecule has 1 aromatic heterocycles. The van der Waals surface area contributed by atoms with Gasteiger partial charge in [0.15, 0.2) is 0 Å². The van der Waals surface area contributed by atoms with Crippen molar-refractivity contribution in [2.45, 2.75) is 37.5 Å². The number of hydrogen-bond donors (Lipinski definition) is 2. The number of nitrogens with one attached hydrogen (secondary N) is 2. The average molecular weight is 502 g/mol. The van der Waals surface area contributed by atoms with E-state index in [4.69, 9.17) is 16.6 Å². The molecule has 2 N–H and O–H groups in total. The van der Waals surface area contributed by atoms with Gasteiger partial charge in [0.05, 0.1) is 10.4 Å². The molecule has 1 fully saturated rings. The van der Waals surface area contributed by atoms with Crippen molar-refractivity contribution >= 4 is 44.3 Å². The van der Waals surface area contributed by atoms with Gasteiger partial charge < -0.3 is 10.2 Å². The Hall–Kier alpha value is -2.42. The Kier molecular flexibility index (Phi) is 7.60. The Balaban J connectivity index is 1.30. The molecule has 182 valence electrons. The van der Waals surface area contributed by atoms with Crippen LogP contribution in [0.25, 0.3) is 10.9 Å². The molecule has 0 saturated heterocycles. The third-order valence-electron chi connectivity index (χ3n) is 6.59. The Bertz CT molecular complexity index is 1260. The molecule has 0 unspecified atom stereocenters. The lowest BCUT2D eigenvalue weighted by Crippen LogP contribution is -2.32. The van der Waals surface area contributed by atoms with Crippen LogP contribution in [0.4, 0.5) is 11.8 Å². The van der Waals surface area contributed by atoms with Crippen LogP contribution in [0.1, 0.15) is 31.2 Å². The molecule has 0 bridgehead atoms. The van der Waals surface area contributed by atoms with Gasteiger partial charge in [0.2, 0.25) is 16.0 Å². The molecule has 0 radical (unpaired) electrons. The van der Waals surface area contributed by atoms with Gasteiger partial charge in [-0.25, -0.2) is 18.1 Å². The summed E-state index contributed by atoms with van der Waals surface area (Å²) >= 11 is 6.10. The van der Waals surface area contributed by atoms with Gasteiger partial charge in [0, 0.05) is 37.6 Å². The van der Waals surface area contributed by atoms with Crippen molar-refractivity contribution in [1.29, 1.82) is 0 Å². The van der Waals surface area contributed by atoms with Crippen LogP contribution < -0.4 is 14.9 Å². The van der Waals surface area contributed by atoms with Gasteiger partial charge >= 0.3 is 0 Å². The summed E-state index contributed by atoms with van der Waals surface area (Å²) in [6.07, 6.45) is 4.07. The predicted molar refractivity (Wildman–Crippen MR) is 139 cm³/mol. The Labute approximate surface area is 207 Å². The van der Waals surface area contributed by atoms with Gasteiger partial charge in [-0.15, -0.1) is 0 Å². The predicted octanol–water partition coefficient (Wildman–Crippen LogP) is 4.85. The van der Waals surface area contributed by atoms with Crippen molar-refractivity contribution in [3.05, 3.63) is 53.1 Å². The summed E-state index contributed by atoms with van der Waals surface area (Å²) < 4.78 is 28.3. The highest BCUT2D eigenvalue weighted by Gasteiger charge is 2.24. The van der Waals surface area contributed by atoms with Crippen LogP contribution in [0, 0.1) is 18.8 Å². The minimum atomic E-state index is -3.57. The van der Waals surface area contributed by atoms with Gasteiger partial charge in [-0.2, -0.15) is 4.98 Å². The number of nitrogens with zero attached hydrogens (tertiary/aromatic N) is 3. The number of hydrogen-bond acceptors (Lipinski definition) is 6. The van der Waals surface area contributed by atoms with Gasteiger partial charge in [-0.1, -0.05) is 29.8 Å². The lowest BCUT2D eigenvalue weighted by atomic mass is 9.82. The Morgan fingerprint density at radius 3 is 2.35 bits per heavy atom. The van der Waals surface area contributed by atoms with E-state index in [-0.39, 0.29) is 4.90 Å². The minimum absolute atomic E-state index is 0.255. The molecule has 3 aromatic rings. The molecule has 0 aliphatic heterocycles. The van der Waals surface area contributed by atoms with Crippen molar-refractivity contribution in [3.8, 4) is 0 Å². The molecule has 0 spiro atoms. The molecule has 1 aliphatic rings. The number of aromatic nitrogens is 2. The monoisotopic (exact) mass is 501 g/mol. The molecule has 1 saturated carbocycles. The summed E-state index contributed by atoms with van der Waals surface area (Å²) in [6.45, 7) is 3.00. The van der Waals surface area contributed by atoms with Gasteiger partial charge in [-0.3, -0.25) is 0 Å². The maximum atomic E-state index is 12.7. The first-order chi connectivity index (χ1) is 16.2. The largest absolute Gasteiger partial charge is 0.362 e. The third kappa shape index (κ3) is 5.62. The van der Waals surface area contributed by atoms with E-state index in [1.165, 1.54) is 0 Å². The van der Waals surface area contributed by atoms with Crippen molar-refractivity contribution < 1.29 is 8.42 Å². The molecule has 7 nitrogen and oxygen atoms in total. The van der Waals surface area contributed by atoms with E-state index in [1.54, 1.807) is 25.1 Å². The first kappa shape index (κ1) is 24.7. The summed E-state index contributed by atoms with van der Waals surface area (Å²) in [5.41, 5.74) is 1.51. The number of fused-ring (bicyclic) bond motifs is 1. The van der Waals surface area contributed by atoms with Crippen molar-refractivity contribution in [1.82, 2.24) is 14.7 Å². The fraction of sp³-hybridized carbons (Fsp3) is 0.440. The molecular weight excluding hydrogens is 470 g/mol. The number of sulfonamides is 1. The van der Waals surface area contributed by atoms with E-state index >= 15 is 0 Å². The summed E-state index contributed by atoms with van der Waals surface area (Å²) in [6, 6.07) is 13.0. The zero-order valence-electron chi connectivity index (χ0n) is 19.9. The fourth-order valence-electron chi connectivity index (χ4n) is 4.54. The van der Waals surface area contributed by atoms with Crippen LogP contribution >= 0.6 is 11.6 Å². The summed E-state index contributed by atoms with van der Waals surface area (Å²) in [5, 5.41) is 4.93. The first-order valence-corrected chi connectivity index (χ1v) is 13.5. The Morgan fingerprint density at radius 2 is 1.65 bits per heavy atom. The maximum Gasteiger partial charge on any atom is 0.240 e. The fourth-order valence-corrected chi connectivity index (χ4v) is 6.15. The van der Waals surface area contributed by atoms with Crippen LogP contribution in [0.2, 0.25) is 5.02 Å². The molecule has 0 atom stereocenters. The van der Waals surface area contributed by atoms with Crippen molar-refractivity contribution in [2.75, 3.05) is 37.4 Å². The average Bonchev–Trinajstić information content (AvgIpc) is 2.83. The lowest BCUT2D eigenvalue weighted by molar-refractivity contribution is 0.284. The summed E-state index contributed by atoms with van der Waals surface area (Å²) in [5.74, 6) is 2.40. The number of halogens is 1. The minimum Gasteiger partial charge on any atom is -0.362 e. The van der Waals surface area contributed by atoms with Crippen molar-refractivity contribution in [2.24, 2.45) is 11.8 Å². The first-order valence-electron chi connectivity index (χ1n) is 11.7. The normalized spacial score (nSPS) is 18.7. The number of rotatable bonds is 8. The molecular formula is C25H32ClN5O2S. The second-order valence-corrected chi connectivity index (χ2v) is 11.4. The van der Waals surface area contributed by atoms with Crippen LogP contribution in [-0.2, 0) is 10.0 Å². The smallest absolute Gasteiger partial charge is 0.240 e. The number of anilines is 2. The maximum absolute atomic E-state index is 12.7. The topological polar surface area (TPSA) is 87.2 Å². The number of para-hydroxylation sites is 1. The zero-order chi connectivity index (χ0) is 24.3. The van der Waals surface area contributed by atoms with E-state index in [2.05, 4.69) is 15.0 Å². The van der Waals surface area contributed by atoms with Crippen molar-refractivity contribution in [3.63, 3.8) is 0 Å².